The fraction of sp³-hybridized carbons (Fsp3) is 0.333. The van der Waals surface area contributed by atoms with Gasteiger partial charge in [-0.1, -0.05) is 17.7 Å². The van der Waals surface area contributed by atoms with Crippen LogP contribution in [0.5, 0.6) is 0 Å². The van der Waals surface area contributed by atoms with Gasteiger partial charge in [-0.15, -0.1) is 23.1 Å². The third-order valence-electron chi connectivity index (χ3n) is 3.90. The van der Waals surface area contributed by atoms with Crippen LogP contribution in [0.2, 0.25) is 0 Å². The summed E-state index contributed by atoms with van der Waals surface area (Å²) in [5, 5.41) is 13.0. The maximum atomic E-state index is 12.1. The minimum absolute atomic E-state index is 0.0129. The number of anilines is 1. The number of hydrogen-bond acceptors (Lipinski definition) is 4. The topological polar surface area (TPSA) is 52.9 Å². The number of thiophene rings is 1. The molecule has 118 valence electrons. The van der Waals surface area contributed by atoms with Crippen LogP contribution in [0.15, 0.2) is 29.2 Å². The molecular formula is C18H18N2OS2. The lowest BCUT2D eigenvalue weighted by Gasteiger charge is -2.05. The van der Waals surface area contributed by atoms with Crippen molar-refractivity contribution in [3.05, 3.63) is 45.8 Å². The van der Waals surface area contributed by atoms with Gasteiger partial charge in [0, 0.05) is 21.9 Å². The monoisotopic (exact) mass is 342 g/mol. The van der Waals surface area contributed by atoms with Crippen LogP contribution in [0.25, 0.3) is 0 Å². The molecular weight excluding hydrogens is 324 g/mol. The number of nitriles is 1. The predicted molar refractivity (Wildman–Crippen MR) is 96.2 cm³/mol. The summed E-state index contributed by atoms with van der Waals surface area (Å²) in [6, 6.07) is 10.6. The summed E-state index contributed by atoms with van der Waals surface area (Å²) in [5.41, 5.74) is 3.07. The van der Waals surface area contributed by atoms with Crippen LogP contribution in [0.4, 0.5) is 5.00 Å². The summed E-state index contributed by atoms with van der Waals surface area (Å²) >= 11 is 3.25. The molecule has 1 aromatic carbocycles. The predicted octanol–water partition coefficient (Wildman–Crippen LogP) is 4.54. The average molecular weight is 342 g/mol. The Morgan fingerprint density at radius 3 is 2.87 bits per heavy atom. The van der Waals surface area contributed by atoms with Gasteiger partial charge in [-0.25, -0.2) is 0 Å². The van der Waals surface area contributed by atoms with Crippen LogP contribution in [0.3, 0.4) is 0 Å². The SMILES string of the molecule is Cc1ccc(SCCC(=O)Nc2sc3c(c2C#N)CCC3)cc1. The average Bonchev–Trinajstić information content (AvgIpc) is 3.09. The third-order valence-corrected chi connectivity index (χ3v) is 6.13. The second-order valence-corrected chi connectivity index (χ2v) is 7.91. The van der Waals surface area contributed by atoms with E-state index in [1.165, 1.54) is 15.3 Å². The van der Waals surface area contributed by atoms with E-state index in [2.05, 4.69) is 42.6 Å². The van der Waals surface area contributed by atoms with E-state index < -0.39 is 0 Å². The second-order valence-electron chi connectivity index (χ2n) is 5.63. The fourth-order valence-electron chi connectivity index (χ4n) is 2.70. The number of nitrogens with one attached hydrogen (secondary N) is 1. The zero-order valence-electron chi connectivity index (χ0n) is 13.0. The molecule has 0 saturated heterocycles. The summed E-state index contributed by atoms with van der Waals surface area (Å²) in [4.78, 5) is 14.6. The first-order chi connectivity index (χ1) is 11.2. The molecule has 1 aromatic heterocycles. The molecule has 5 heteroatoms. The Morgan fingerprint density at radius 1 is 1.35 bits per heavy atom. The van der Waals surface area contributed by atoms with Crippen LogP contribution >= 0.6 is 23.1 Å². The molecule has 3 rings (SSSR count). The van der Waals surface area contributed by atoms with Crippen molar-refractivity contribution in [3.8, 4) is 6.07 Å². The van der Waals surface area contributed by atoms with Gasteiger partial charge < -0.3 is 5.32 Å². The van der Waals surface area contributed by atoms with Crippen molar-refractivity contribution < 1.29 is 4.79 Å². The first-order valence-electron chi connectivity index (χ1n) is 7.71. The number of carbonyl (C=O) groups is 1. The van der Waals surface area contributed by atoms with E-state index in [1.807, 2.05) is 0 Å². The van der Waals surface area contributed by atoms with E-state index in [-0.39, 0.29) is 5.91 Å². The van der Waals surface area contributed by atoms with Crippen molar-refractivity contribution in [1.29, 1.82) is 5.26 Å². The van der Waals surface area contributed by atoms with Gasteiger partial charge in [-0.05, 0) is 43.9 Å². The maximum Gasteiger partial charge on any atom is 0.225 e. The van der Waals surface area contributed by atoms with Crippen molar-refractivity contribution in [2.24, 2.45) is 0 Å². The third kappa shape index (κ3) is 3.77. The molecule has 0 spiro atoms. The number of nitrogens with zero attached hydrogens (tertiary/aromatic N) is 1. The minimum Gasteiger partial charge on any atom is -0.317 e. The Morgan fingerprint density at radius 2 is 2.13 bits per heavy atom. The molecule has 0 radical (unpaired) electrons. The smallest absolute Gasteiger partial charge is 0.225 e. The van der Waals surface area contributed by atoms with Crippen LogP contribution in [0.1, 0.15) is 34.4 Å². The summed E-state index contributed by atoms with van der Waals surface area (Å²) in [5.74, 6) is 0.725. The fourth-order valence-corrected chi connectivity index (χ4v) is 4.80. The van der Waals surface area contributed by atoms with E-state index in [1.54, 1.807) is 23.1 Å². The quantitative estimate of drug-likeness (QED) is 0.812. The molecule has 0 fully saturated rings. The lowest BCUT2D eigenvalue weighted by atomic mass is 10.1. The molecule has 1 aliphatic rings. The van der Waals surface area contributed by atoms with Gasteiger partial charge in [0.25, 0.3) is 0 Å². The number of thioether (sulfide) groups is 1. The van der Waals surface area contributed by atoms with Crippen molar-refractivity contribution >= 4 is 34.0 Å². The summed E-state index contributed by atoms with van der Waals surface area (Å²) in [6.45, 7) is 2.06. The first kappa shape index (κ1) is 16.1. The number of hydrogen-bond donors (Lipinski definition) is 1. The van der Waals surface area contributed by atoms with E-state index >= 15 is 0 Å². The number of amides is 1. The molecule has 3 nitrogen and oxygen atoms in total. The lowest BCUT2D eigenvalue weighted by molar-refractivity contribution is -0.115. The van der Waals surface area contributed by atoms with E-state index in [4.69, 9.17) is 0 Å². The Kier molecular flexibility index (Phi) is 5.04. The molecule has 0 aliphatic heterocycles. The highest BCUT2D eigenvalue weighted by molar-refractivity contribution is 7.99. The molecule has 1 aliphatic carbocycles. The van der Waals surface area contributed by atoms with Gasteiger partial charge in [0.2, 0.25) is 5.91 Å². The van der Waals surface area contributed by atoms with Gasteiger partial charge in [-0.3, -0.25) is 4.79 Å². The Hall–Kier alpha value is -1.77. The van der Waals surface area contributed by atoms with Crippen LogP contribution in [-0.2, 0) is 17.6 Å². The van der Waals surface area contributed by atoms with Gasteiger partial charge in [0.1, 0.15) is 11.1 Å². The van der Waals surface area contributed by atoms with E-state index in [0.717, 1.165) is 35.6 Å². The zero-order chi connectivity index (χ0) is 16.2. The van der Waals surface area contributed by atoms with Crippen LogP contribution in [0, 0.1) is 18.3 Å². The molecule has 0 saturated carbocycles. The van der Waals surface area contributed by atoms with Crippen molar-refractivity contribution in [2.45, 2.75) is 37.5 Å². The van der Waals surface area contributed by atoms with E-state index in [9.17, 15) is 10.1 Å². The van der Waals surface area contributed by atoms with E-state index in [0.29, 0.717) is 12.0 Å². The highest BCUT2D eigenvalue weighted by Gasteiger charge is 2.22. The second kappa shape index (κ2) is 7.20. The molecule has 23 heavy (non-hydrogen) atoms. The summed E-state index contributed by atoms with van der Waals surface area (Å²) in [6.07, 6.45) is 3.57. The number of carbonyl (C=O) groups excluding carboxylic acids is 1. The number of fused-ring (bicyclic) bond motifs is 1. The zero-order valence-corrected chi connectivity index (χ0v) is 14.6. The first-order valence-corrected chi connectivity index (χ1v) is 9.51. The van der Waals surface area contributed by atoms with Gasteiger partial charge in [0.15, 0.2) is 0 Å². The molecule has 0 unspecified atom stereocenters. The van der Waals surface area contributed by atoms with Gasteiger partial charge >= 0.3 is 0 Å². The molecule has 1 heterocycles. The van der Waals surface area contributed by atoms with Crippen molar-refractivity contribution in [2.75, 3.05) is 11.1 Å². The number of aryl methyl sites for hydroxylation is 2. The highest BCUT2D eigenvalue weighted by atomic mass is 32.2. The standard InChI is InChI=1S/C18H18N2OS2/c1-12-5-7-13(8-6-12)22-10-9-17(21)20-18-15(11-19)14-3-2-4-16(14)23-18/h5-8H,2-4,9-10H2,1H3,(H,20,21). The Balaban J connectivity index is 1.54. The maximum absolute atomic E-state index is 12.1. The van der Waals surface area contributed by atoms with Gasteiger partial charge in [-0.2, -0.15) is 5.26 Å². The Labute approximate surface area is 144 Å². The number of rotatable bonds is 5. The highest BCUT2D eigenvalue weighted by Crippen LogP contribution is 2.38. The Bertz CT molecular complexity index is 757. The molecule has 0 atom stereocenters. The van der Waals surface area contributed by atoms with Crippen LogP contribution < -0.4 is 5.32 Å². The minimum atomic E-state index is -0.0129. The molecule has 2 aromatic rings. The normalized spacial score (nSPS) is 12.7. The van der Waals surface area contributed by atoms with Gasteiger partial charge in [0.05, 0.1) is 5.56 Å². The summed E-state index contributed by atoms with van der Waals surface area (Å²) < 4.78 is 0. The molecule has 1 N–H and O–H groups in total. The lowest BCUT2D eigenvalue weighted by Crippen LogP contribution is -2.12. The molecule has 0 bridgehead atoms. The number of benzene rings is 1. The van der Waals surface area contributed by atoms with Crippen molar-refractivity contribution in [1.82, 2.24) is 0 Å². The largest absolute Gasteiger partial charge is 0.317 e. The van der Waals surface area contributed by atoms with Crippen LogP contribution in [-0.4, -0.2) is 11.7 Å². The molecule has 1 amide bonds. The summed E-state index contributed by atoms with van der Waals surface area (Å²) in [7, 11) is 0. The van der Waals surface area contributed by atoms with Crippen molar-refractivity contribution in [3.63, 3.8) is 0 Å².